The van der Waals surface area contributed by atoms with Crippen molar-refractivity contribution in [1.29, 1.82) is 0 Å². The predicted octanol–water partition coefficient (Wildman–Crippen LogP) is 14.0. The van der Waals surface area contributed by atoms with Gasteiger partial charge in [-0.15, -0.1) is 11.3 Å². The van der Waals surface area contributed by atoms with Crippen LogP contribution in [-0.2, 0) is 0 Å². The van der Waals surface area contributed by atoms with E-state index in [1.807, 2.05) is 11.3 Å². The zero-order chi connectivity index (χ0) is 33.7. The number of thiophene rings is 1. The zero-order valence-electron chi connectivity index (χ0n) is 27.8. The molecule has 51 heavy (non-hydrogen) atoms. The Hall–Kier alpha value is -6.42. The first kappa shape index (κ1) is 29.5. The maximum absolute atomic E-state index is 2.40. The van der Waals surface area contributed by atoms with Crippen molar-refractivity contribution in [3.63, 3.8) is 0 Å². The van der Waals surface area contributed by atoms with E-state index in [1.54, 1.807) is 0 Å². The number of aromatic nitrogens is 1. The van der Waals surface area contributed by atoms with E-state index in [-0.39, 0.29) is 0 Å². The van der Waals surface area contributed by atoms with Crippen LogP contribution >= 0.6 is 11.3 Å². The molecule has 0 atom stereocenters. The molecule has 10 rings (SSSR count). The molecule has 3 heteroatoms. The van der Waals surface area contributed by atoms with Crippen LogP contribution in [0.4, 0.5) is 17.1 Å². The molecule has 2 heterocycles. The molecule has 0 aliphatic rings. The van der Waals surface area contributed by atoms with Gasteiger partial charge >= 0.3 is 0 Å². The number of hydrogen-bond acceptors (Lipinski definition) is 2. The zero-order valence-corrected chi connectivity index (χ0v) is 28.6. The Morgan fingerprint density at radius 2 is 0.902 bits per heavy atom. The Morgan fingerprint density at radius 3 is 1.61 bits per heavy atom. The van der Waals surface area contributed by atoms with Gasteiger partial charge in [-0.2, -0.15) is 0 Å². The van der Waals surface area contributed by atoms with Crippen LogP contribution < -0.4 is 4.90 Å². The number of anilines is 3. The fraction of sp³-hybridized carbons (Fsp3) is 0. The van der Waals surface area contributed by atoms with Crippen molar-refractivity contribution in [3.05, 3.63) is 194 Å². The molecular weight excluding hydrogens is 637 g/mol. The minimum atomic E-state index is 1.12. The Bertz CT molecular complexity index is 2790. The quantitative estimate of drug-likeness (QED) is 0.171. The normalized spacial score (nSPS) is 11.5. The van der Waals surface area contributed by atoms with Gasteiger partial charge in [-0.1, -0.05) is 121 Å². The molecule has 0 saturated carbocycles. The van der Waals surface area contributed by atoms with Gasteiger partial charge in [-0.3, -0.25) is 0 Å². The largest absolute Gasteiger partial charge is 0.310 e. The van der Waals surface area contributed by atoms with Crippen LogP contribution in [0.2, 0.25) is 0 Å². The summed E-state index contributed by atoms with van der Waals surface area (Å²) in [6.07, 6.45) is 0. The molecular formula is C48H32N2S. The highest BCUT2D eigenvalue weighted by atomic mass is 32.1. The molecule has 2 nitrogen and oxygen atoms in total. The Labute approximate surface area is 300 Å². The monoisotopic (exact) mass is 668 g/mol. The molecule has 0 bridgehead atoms. The van der Waals surface area contributed by atoms with Gasteiger partial charge in [-0.05, 0) is 95.1 Å². The summed E-state index contributed by atoms with van der Waals surface area (Å²) < 4.78 is 4.97. The van der Waals surface area contributed by atoms with Crippen molar-refractivity contribution in [3.8, 4) is 27.9 Å². The second-order valence-electron chi connectivity index (χ2n) is 13.0. The summed E-state index contributed by atoms with van der Waals surface area (Å²) in [6, 6.07) is 70.3. The molecule has 240 valence electrons. The molecule has 8 aromatic carbocycles. The SMILES string of the molecule is c1ccc(-c2cccc(-c3ccc(N(c4ccccc4)c4ccc5c(c4)sc4ccc(-n6c7ccccc7c7ccccc76)cc45)cc3)c2)cc1. The van der Waals surface area contributed by atoms with Crippen molar-refractivity contribution in [2.45, 2.75) is 0 Å². The van der Waals surface area contributed by atoms with Gasteiger partial charge < -0.3 is 9.47 Å². The number of hydrogen-bond donors (Lipinski definition) is 0. The van der Waals surface area contributed by atoms with Crippen LogP contribution in [0.15, 0.2) is 194 Å². The van der Waals surface area contributed by atoms with E-state index in [9.17, 15) is 0 Å². The first-order chi connectivity index (χ1) is 25.3. The standard InChI is InChI=1S/C48H32N2S/c1-3-12-33(13-4-1)35-14-11-15-36(30-35)34-22-24-38(25-23-34)49(37-16-5-2-6-17-37)40-26-28-43-44-31-39(27-29-47(44)51-48(43)32-40)50-45-20-9-7-18-41(45)42-19-8-10-21-46(42)50/h1-32H. The Kier molecular flexibility index (Phi) is 7.04. The lowest BCUT2D eigenvalue weighted by Gasteiger charge is -2.25. The molecule has 10 aromatic rings. The first-order valence-electron chi connectivity index (χ1n) is 17.3. The number of benzene rings is 8. The lowest BCUT2D eigenvalue weighted by molar-refractivity contribution is 1.19. The van der Waals surface area contributed by atoms with E-state index in [1.165, 1.54) is 69.9 Å². The highest BCUT2D eigenvalue weighted by Crippen LogP contribution is 2.42. The maximum atomic E-state index is 2.40. The molecule has 0 fully saturated rings. The minimum Gasteiger partial charge on any atom is -0.310 e. The van der Waals surface area contributed by atoms with E-state index in [0.717, 1.165) is 17.1 Å². The summed E-state index contributed by atoms with van der Waals surface area (Å²) in [4.78, 5) is 2.36. The van der Waals surface area contributed by atoms with E-state index >= 15 is 0 Å². The Balaban J connectivity index is 1.05. The molecule has 0 unspecified atom stereocenters. The third-order valence-corrected chi connectivity index (χ3v) is 11.1. The van der Waals surface area contributed by atoms with Crippen molar-refractivity contribution in [2.24, 2.45) is 0 Å². The van der Waals surface area contributed by atoms with Crippen molar-refractivity contribution < 1.29 is 0 Å². The summed E-state index contributed by atoms with van der Waals surface area (Å²) in [6.45, 7) is 0. The second kappa shape index (κ2) is 12.2. The maximum Gasteiger partial charge on any atom is 0.0541 e. The van der Waals surface area contributed by atoms with Crippen LogP contribution in [0.1, 0.15) is 0 Å². The molecule has 0 aliphatic carbocycles. The van der Waals surface area contributed by atoms with Crippen molar-refractivity contribution >= 4 is 70.4 Å². The number of para-hydroxylation sites is 3. The van der Waals surface area contributed by atoms with Gasteiger partial charge in [0.2, 0.25) is 0 Å². The Morgan fingerprint density at radius 1 is 0.333 bits per heavy atom. The molecule has 0 saturated heterocycles. The van der Waals surface area contributed by atoms with Crippen LogP contribution in [0.5, 0.6) is 0 Å². The molecule has 0 aliphatic heterocycles. The van der Waals surface area contributed by atoms with E-state index < -0.39 is 0 Å². The van der Waals surface area contributed by atoms with E-state index in [2.05, 4.69) is 204 Å². The van der Waals surface area contributed by atoms with Gasteiger partial charge in [0, 0.05) is 53.7 Å². The summed E-state index contributed by atoms with van der Waals surface area (Å²) in [7, 11) is 0. The van der Waals surface area contributed by atoms with Crippen LogP contribution in [0.25, 0.3) is 69.9 Å². The first-order valence-corrected chi connectivity index (χ1v) is 18.2. The highest BCUT2D eigenvalue weighted by Gasteiger charge is 2.17. The summed E-state index contributed by atoms with van der Waals surface area (Å²) in [5.74, 6) is 0. The molecule has 0 spiro atoms. The third-order valence-electron chi connectivity index (χ3n) is 9.98. The smallest absolute Gasteiger partial charge is 0.0541 e. The third kappa shape index (κ3) is 5.10. The summed E-state index contributed by atoms with van der Waals surface area (Å²) in [5.41, 5.74) is 11.9. The van der Waals surface area contributed by atoms with E-state index in [0.29, 0.717) is 0 Å². The van der Waals surface area contributed by atoms with Gasteiger partial charge in [-0.25, -0.2) is 0 Å². The minimum absolute atomic E-state index is 1.12. The van der Waals surface area contributed by atoms with Crippen LogP contribution in [0.3, 0.4) is 0 Å². The summed E-state index contributed by atoms with van der Waals surface area (Å²) in [5, 5.41) is 5.13. The van der Waals surface area contributed by atoms with Gasteiger partial charge in [0.1, 0.15) is 0 Å². The lowest BCUT2D eigenvalue weighted by atomic mass is 9.99. The fourth-order valence-electron chi connectivity index (χ4n) is 7.57. The average Bonchev–Trinajstić information content (AvgIpc) is 3.74. The van der Waals surface area contributed by atoms with Crippen LogP contribution in [-0.4, -0.2) is 4.57 Å². The molecule has 0 radical (unpaired) electrons. The fourth-order valence-corrected chi connectivity index (χ4v) is 8.69. The molecule has 0 amide bonds. The van der Waals surface area contributed by atoms with Crippen LogP contribution in [0, 0.1) is 0 Å². The van der Waals surface area contributed by atoms with Gasteiger partial charge in [0.25, 0.3) is 0 Å². The topological polar surface area (TPSA) is 8.17 Å². The van der Waals surface area contributed by atoms with Crippen molar-refractivity contribution in [2.75, 3.05) is 4.90 Å². The number of rotatable bonds is 6. The van der Waals surface area contributed by atoms with E-state index in [4.69, 9.17) is 0 Å². The second-order valence-corrected chi connectivity index (χ2v) is 14.1. The predicted molar refractivity (Wildman–Crippen MR) is 219 cm³/mol. The van der Waals surface area contributed by atoms with Gasteiger partial charge in [0.15, 0.2) is 0 Å². The molecule has 0 N–H and O–H groups in total. The van der Waals surface area contributed by atoms with Crippen molar-refractivity contribution in [1.82, 2.24) is 4.57 Å². The van der Waals surface area contributed by atoms with Gasteiger partial charge in [0.05, 0.1) is 11.0 Å². The highest BCUT2D eigenvalue weighted by molar-refractivity contribution is 7.25. The number of fused-ring (bicyclic) bond motifs is 6. The molecule has 2 aromatic heterocycles. The summed E-state index contributed by atoms with van der Waals surface area (Å²) >= 11 is 1.86. The number of nitrogens with zero attached hydrogens (tertiary/aromatic N) is 2. The lowest BCUT2D eigenvalue weighted by Crippen LogP contribution is -2.09. The average molecular weight is 669 g/mol.